The molecule has 0 aliphatic rings. The highest BCUT2D eigenvalue weighted by atomic mass is 19.1. The van der Waals surface area contributed by atoms with Crippen molar-refractivity contribution in [2.75, 3.05) is 11.1 Å². The average Bonchev–Trinajstić information content (AvgIpc) is 3.08. The van der Waals surface area contributed by atoms with Gasteiger partial charge >= 0.3 is 5.69 Å². The number of halogens is 1. The lowest BCUT2D eigenvalue weighted by molar-refractivity contribution is -0.383. The maximum absolute atomic E-state index is 13.7. The molecule has 3 aromatic rings. The van der Waals surface area contributed by atoms with Crippen molar-refractivity contribution < 1.29 is 18.5 Å². The summed E-state index contributed by atoms with van der Waals surface area (Å²) in [6, 6.07) is 8.13. The van der Waals surface area contributed by atoms with Crippen molar-refractivity contribution in [2.45, 2.75) is 0 Å². The lowest BCUT2D eigenvalue weighted by atomic mass is 10.2. The van der Waals surface area contributed by atoms with Gasteiger partial charge in [0.1, 0.15) is 5.82 Å². The van der Waals surface area contributed by atoms with Crippen molar-refractivity contribution in [3.63, 3.8) is 0 Å². The van der Waals surface area contributed by atoms with Gasteiger partial charge in [-0.2, -0.15) is 4.98 Å². The number of benzene rings is 1. The van der Waals surface area contributed by atoms with Crippen LogP contribution in [0.15, 0.2) is 47.1 Å². The second-order valence-corrected chi connectivity index (χ2v) is 4.80. The zero-order valence-electron chi connectivity index (χ0n) is 12.5. The summed E-state index contributed by atoms with van der Waals surface area (Å²) in [6.07, 6.45) is 1.30. The molecule has 0 radical (unpaired) electrons. The van der Waals surface area contributed by atoms with Crippen molar-refractivity contribution >= 4 is 23.4 Å². The number of furan rings is 1. The molecule has 1 aromatic carbocycles. The van der Waals surface area contributed by atoms with Gasteiger partial charge in [-0.3, -0.25) is 14.9 Å². The minimum atomic E-state index is -0.912. The van der Waals surface area contributed by atoms with E-state index < -0.39 is 28.2 Å². The third-order valence-electron chi connectivity index (χ3n) is 3.19. The van der Waals surface area contributed by atoms with E-state index in [4.69, 9.17) is 10.2 Å². The molecule has 25 heavy (non-hydrogen) atoms. The van der Waals surface area contributed by atoms with Crippen LogP contribution in [0.4, 0.5) is 21.8 Å². The first-order chi connectivity index (χ1) is 12.0. The molecular formula is C15H10FN5O4. The van der Waals surface area contributed by atoms with Crippen LogP contribution in [0.2, 0.25) is 0 Å². The average molecular weight is 343 g/mol. The number of carbonyl (C=O) groups is 1. The lowest BCUT2D eigenvalue weighted by Gasteiger charge is -2.08. The molecule has 10 heteroatoms. The van der Waals surface area contributed by atoms with Crippen molar-refractivity contribution in [1.29, 1.82) is 0 Å². The molecule has 0 saturated carbocycles. The van der Waals surface area contributed by atoms with E-state index in [0.717, 1.165) is 6.07 Å². The zero-order valence-corrected chi connectivity index (χ0v) is 12.5. The maximum atomic E-state index is 13.7. The third kappa shape index (κ3) is 3.13. The monoisotopic (exact) mass is 343 g/mol. The largest absolute Gasteiger partial charge is 0.462 e. The number of hydrogen-bond donors (Lipinski definition) is 2. The van der Waals surface area contributed by atoms with Crippen LogP contribution in [-0.2, 0) is 0 Å². The van der Waals surface area contributed by atoms with Crippen LogP contribution < -0.4 is 11.1 Å². The minimum Gasteiger partial charge on any atom is -0.462 e. The zero-order chi connectivity index (χ0) is 18.0. The number of anilines is 2. The van der Waals surface area contributed by atoms with Crippen LogP contribution in [0.5, 0.6) is 0 Å². The Bertz CT molecular complexity index is 959. The predicted octanol–water partition coefficient (Wildman–Crippen LogP) is 2.62. The maximum Gasteiger partial charge on any atom is 0.341 e. The first kappa shape index (κ1) is 16.1. The van der Waals surface area contributed by atoms with Gasteiger partial charge in [0.05, 0.1) is 16.7 Å². The molecular weight excluding hydrogens is 333 g/mol. The summed E-state index contributed by atoms with van der Waals surface area (Å²) >= 11 is 0. The van der Waals surface area contributed by atoms with Crippen LogP contribution >= 0.6 is 0 Å². The summed E-state index contributed by atoms with van der Waals surface area (Å²) in [5, 5.41) is 13.7. The van der Waals surface area contributed by atoms with E-state index in [9.17, 15) is 19.3 Å². The highest BCUT2D eigenvalue weighted by Crippen LogP contribution is 2.34. The van der Waals surface area contributed by atoms with Gasteiger partial charge in [-0.25, -0.2) is 9.37 Å². The third-order valence-corrected chi connectivity index (χ3v) is 3.19. The number of nitro groups is 1. The van der Waals surface area contributed by atoms with Gasteiger partial charge in [0.15, 0.2) is 11.5 Å². The number of aromatic nitrogens is 2. The number of nitrogens with zero attached hydrogens (tertiary/aromatic N) is 3. The van der Waals surface area contributed by atoms with Gasteiger partial charge in [-0.15, -0.1) is 0 Å². The fourth-order valence-corrected chi connectivity index (χ4v) is 2.14. The Morgan fingerprint density at radius 2 is 2.00 bits per heavy atom. The summed E-state index contributed by atoms with van der Waals surface area (Å²) in [7, 11) is 0. The van der Waals surface area contributed by atoms with Crippen molar-refractivity contribution in [3.8, 4) is 11.5 Å². The van der Waals surface area contributed by atoms with Gasteiger partial charge < -0.3 is 15.5 Å². The summed E-state index contributed by atoms with van der Waals surface area (Å²) in [5.41, 5.74) is 4.45. The molecule has 0 unspecified atom stereocenters. The van der Waals surface area contributed by atoms with Gasteiger partial charge in [0.2, 0.25) is 11.8 Å². The van der Waals surface area contributed by atoms with Crippen LogP contribution in [0.1, 0.15) is 10.4 Å². The second kappa shape index (κ2) is 6.35. The first-order valence-electron chi connectivity index (χ1n) is 6.89. The number of nitrogen functional groups attached to an aromatic ring is 1. The molecule has 3 rings (SSSR count). The molecule has 2 heterocycles. The smallest absolute Gasteiger partial charge is 0.341 e. The summed E-state index contributed by atoms with van der Waals surface area (Å²) in [4.78, 5) is 30.4. The molecule has 126 valence electrons. The Morgan fingerprint density at radius 1 is 1.24 bits per heavy atom. The lowest BCUT2D eigenvalue weighted by Crippen LogP contribution is -2.17. The topological polar surface area (TPSA) is 137 Å². The molecule has 0 aliphatic carbocycles. The molecule has 0 bridgehead atoms. The van der Waals surface area contributed by atoms with Crippen LogP contribution in [0.25, 0.3) is 11.5 Å². The van der Waals surface area contributed by atoms with Crippen molar-refractivity contribution in [2.24, 2.45) is 0 Å². The normalized spacial score (nSPS) is 10.4. The Kier molecular flexibility index (Phi) is 4.08. The van der Waals surface area contributed by atoms with Crippen molar-refractivity contribution in [1.82, 2.24) is 9.97 Å². The van der Waals surface area contributed by atoms with E-state index in [1.165, 1.54) is 36.6 Å². The minimum absolute atomic E-state index is 0.0715. The SMILES string of the molecule is Nc1nc(NC(=O)c2ccccc2F)c([N+](=O)[O-])c(-c2ccco2)n1. The fourth-order valence-electron chi connectivity index (χ4n) is 2.14. The quantitative estimate of drug-likeness (QED) is 0.548. The van der Waals surface area contributed by atoms with E-state index in [1.807, 2.05) is 0 Å². The van der Waals surface area contributed by atoms with Gasteiger partial charge in [0, 0.05) is 0 Å². The summed E-state index contributed by atoms with van der Waals surface area (Å²) in [5.74, 6) is -2.40. The molecule has 0 fully saturated rings. The molecule has 0 aliphatic heterocycles. The second-order valence-electron chi connectivity index (χ2n) is 4.80. The highest BCUT2D eigenvalue weighted by molar-refractivity contribution is 6.05. The van der Waals surface area contributed by atoms with E-state index in [-0.39, 0.29) is 23.0 Å². The number of amides is 1. The molecule has 3 N–H and O–H groups in total. The number of hydrogen-bond acceptors (Lipinski definition) is 7. The molecule has 9 nitrogen and oxygen atoms in total. The van der Waals surface area contributed by atoms with Gasteiger partial charge in [-0.05, 0) is 24.3 Å². The molecule has 1 amide bonds. The number of nitrogens with two attached hydrogens (primary N) is 1. The highest BCUT2D eigenvalue weighted by Gasteiger charge is 2.28. The summed E-state index contributed by atoms with van der Waals surface area (Å²) < 4.78 is 18.8. The van der Waals surface area contributed by atoms with Gasteiger partial charge in [0.25, 0.3) is 5.91 Å². The number of nitrogens with one attached hydrogen (secondary N) is 1. The van der Waals surface area contributed by atoms with E-state index in [0.29, 0.717) is 0 Å². The molecule has 2 aromatic heterocycles. The Labute approximate surface area is 139 Å². The molecule has 0 saturated heterocycles. The number of rotatable bonds is 4. The van der Waals surface area contributed by atoms with Crippen molar-refractivity contribution in [3.05, 3.63) is 64.2 Å². The molecule has 0 spiro atoms. The fraction of sp³-hybridized carbons (Fsp3) is 0. The Morgan fingerprint density at radius 3 is 2.64 bits per heavy atom. The Balaban J connectivity index is 2.08. The van der Waals surface area contributed by atoms with Crippen LogP contribution in [0.3, 0.4) is 0 Å². The van der Waals surface area contributed by atoms with E-state index in [1.54, 1.807) is 0 Å². The first-order valence-corrected chi connectivity index (χ1v) is 6.89. The van der Waals surface area contributed by atoms with E-state index >= 15 is 0 Å². The van der Waals surface area contributed by atoms with Crippen LogP contribution in [-0.4, -0.2) is 20.8 Å². The predicted molar refractivity (Wildman–Crippen MR) is 85.2 cm³/mol. The Hall–Kier alpha value is -3.82. The standard InChI is InChI=1S/C15H10FN5O4/c16-9-5-2-1-4-8(9)14(22)19-13-12(21(23)24)11(18-15(17)20-13)10-6-3-7-25-10/h1-7H,(H3,17,18,19,20,22). The molecule has 0 atom stereocenters. The van der Waals surface area contributed by atoms with E-state index in [2.05, 4.69) is 15.3 Å². The number of carbonyl (C=O) groups excluding carboxylic acids is 1. The van der Waals surface area contributed by atoms with Crippen LogP contribution in [0, 0.1) is 15.9 Å². The van der Waals surface area contributed by atoms with Gasteiger partial charge in [-0.1, -0.05) is 12.1 Å². The summed E-state index contributed by atoms with van der Waals surface area (Å²) in [6.45, 7) is 0.